The van der Waals surface area contributed by atoms with Crippen molar-refractivity contribution in [3.8, 4) is 5.75 Å². The molecule has 6 nitrogen and oxygen atoms in total. The maximum atomic E-state index is 13.2. The van der Waals surface area contributed by atoms with Gasteiger partial charge in [-0.3, -0.25) is 9.48 Å². The highest BCUT2D eigenvalue weighted by Crippen LogP contribution is 2.24. The van der Waals surface area contributed by atoms with Gasteiger partial charge in [0.1, 0.15) is 23.8 Å². The molecule has 0 spiro atoms. The predicted octanol–water partition coefficient (Wildman–Crippen LogP) is 1.53. The SMILES string of the molecule is Cn1cc(CCC(=O)N2CC[C@@](O)(COc3cccc(F)c3)C2)cn1. The van der Waals surface area contributed by atoms with Crippen LogP contribution in [0.1, 0.15) is 18.4 Å². The summed E-state index contributed by atoms with van der Waals surface area (Å²) < 4.78 is 20.4. The molecule has 1 aromatic heterocycles. The number of rotatable bonds is 6. The number of aliphatic hydroxyl groups is 1. The van der Waals surface area contributed by atoms with Crippen molar-refractivity contribution in [2.24, 2.45) is 7.05 Å². The van der Waals surface area contributed by atoms with E-state index in [0.29, 0.717) is 31.6 Å². The summed E-state index contributed by atoms with van der Waals surface area (Å²) in [5.74, 6) is -0.0107. The number of hydrogen-bond acceptors (Lipinski definition) is 4. The van der Waals surface area contributed by atoms with Crippen LogP contribution in [0.15, 0.2) is 36.7 Å². The van der Waals surface area contributed by atoms with E-state index in [-0.39, 0.29) is 24.9 Å². The molecule has 1 aliphatic rings. The molecule has 0 bridgehead atoms. The molecule has 3 rings (SSSR count). The molecule has 1 aromatic carbocycles. The van der Waals surface area contributed by atoms with Gasteiger partial charge in [-0.2, -0.15) is 5.10 Å². The van der Waals surface area contributed by atoms with E-state index >= 15 is 0 Å². The zero-order chi connectivity index (χ0) is 17.9. The van der Waals surface area contributed by atoms with Crippen LogP contribution in [0.5, 0.6) is 5.75 Å². The summed E-state index contributed by atoms with van der Waals surface area (Å²) in [5, 5.41) is 14.7. The number of aromatic nitrogens is 2. The number of halogens is 1. The number of carbonyl (C=O) groups excluding carboxylic acids is 1. The summed E-state index contributed by atoms with van der Waals surface area (Å²) in [5.41, 5.74) is -0.0873. The smallest absolute Gasteiger partial charge is 0.223 e. The molecule has 25 heavy (non-hydrogen) atoms. The van der Waals surface area contributed by atoms with E-state index < -0.39 is 5.60 Å². The number of amides is 1. The lowest BCUT2D eigenvalue weighted by atomic mass is 10.1. The molecule has 1 amide bonds. The van der Waals surface area contributed by atoms with Gasteiger partial charge in [-0.05, 0) is 30.5 Å². The Morgan fingerprint density at radius 1 is 1.48 bits per heavy atom. The number of benzene rings is 1. The van der Waals surface area contributed by atoms with Crippen LogP contribution in [0.25, 0.3) is 0 Å². The molecule has 2 heterocycles. The lowest BCUT2D eigenvalue weighted by molar-refractivity contribution is -0.131. The molecule has 0 aliphatic carbocycles. The van der Waals surface area contributed by atoms with E-state index in [0.717, 1.165) is 5.56 Å². The number of carbonyl (C=O) groups is 1. The Hall–Kier alpha value is -2.41. The summed E-state index contributed by atoms with van der Waals surface area (Å²) in [6.07, 6.45) is 5.09. The van der Waals surface area contributed by atoms with Crippen LogP contribution < -0.4 is 4.74 Å². The van der Waals surface area contributed by atoms with E-state index in [1.807, 2.05) is 13.2 Å². The highest BCUT2D eigenvalue weighted by atomic mass is 19.1. The molecule has 1 fully saturated rings. The highest BCUT2D eigenvalue weighted by molar-refractivity contribution is 5.76. The summed E-state index contributed by atoms with van der Waals surface area (Å²) in [7, 11) is 1.84. The Morgan fingerprint density at radius 2 is 2.32 bits per heavy atom. The largest absolute Gasteiger partial charge is 0.490 e. The Labute approximate surface area is 145 Å². The second-order valence-electron chi connectivity index (χ2n) is 6.56. The lowest BCUT2D eigenvalue weighted by Gasteiger charge is -2.23. The second-order valence-corrected chi connectivity index (χ2v) is 6.56. The van der Waals surface area contributed by atoms with E-state index in [9.17, 15) is 14.3 Å². The van der Waals surface area contributed by atoms with Crippen molar-refractivity contribution in [3.63, 3.8) is 0 Å². The van der Waals surface area contributed by atoms with Crippen molar-refractivity contribution in [3.05, 3.63) is 48.0 Å². The average molecular weight is 347 g/mol. The Balaban J connectivity index is 1.48. The maximum absolute atomic E-state index is 13.2. The first-order valence-corrected chi connectivity index (χ1v) is 8.30. The van der Waals surface area contributed by atoms with Gasteiger partial charge in [-0.1, -0.05) is 6.07 Å². The minimum absolute atomic E-state index is 0.00512. The van der Waals surface area contributed by atoms with Crippen LogP contribution in [0.2, 0.25) is 0 Å². The molecule has 134 valence electrons. The van der Waals surface area contributed by atoms with Gasteiger partial charge in [-0.15, -0.1) is 0 Å². The van der Waals surface area contributed by atoms with Crippen LogP contribution in [0.4, 0.5) is 4.39 Å². The van der Waals surface area contributed by atoms with E-state index in [4.69, 9.17) is 4.74 Å². The molecule has 0 radical (unpaired) electrons. The van der Waals surface area contributed by atoms with Gasteiger partial charge in [0, 0.05) is 32.3 Å². The monoisotopic (exact) mass is 347 g/mol. The average Bonchev–Trinajstić information content (AvgIpc) is 3.18. The fourth-order valence-corrected chi connectivity index (χ4v) is 2.97. The fraction of sp³-hybridized carbons (Fsp3) is 0.444. The number of hydrogen-bond donors (Lipinski definition) is 1. The third-order valence-electron chi connectivity index (χ3n) is 4.37. The standard InChI is InChI=1S/C18H22FN3O3/c1-21-11-14(10-20-21)5-6-17(23)22-8-7-18(24,12-22)13-25-16-4-2-3-15(19)9-16/h2-4,9-11,24H,5-8,12-13H2,1H3/t18-/m0/s1. The Bertz CT molecular complexity index is 749. The maximum Gasteiger partial charge on any atom is 0.223 e. The van der Waals surface area contributed by atoms with Crippen molar-refractivity contribution >= 4 is 5.91 Å². The van der Waals surface area contributed by atoms with Crippen molar-refractivity contribution in [2.45, 2.75) is 24.9 Å². The number of β-amino-alcohol motifs (C(OH)–C–C–N with tert-alkyl or cyclic N) is 1. The van der Waals surface area contributed by atoms with Crippen molar-refractivity contribution < 1.29 is 19.0 Å². The second kappa shape index (κ2) is 7.23. The summed E-state index contributed by atoms with van der Waals surface area (Å²) in [6, 6.07) is 5.80. The van der Waals surface area contributed by atoms with Crippen LogP contribution in [-0.4, -0.2) is 51.0 Å². The molecule has 1 atom stereocenters. The first-order valence-electron chi connectivity index (χ1n) is 8.30. The Morgan fingerprint density at radius 3 is 3.04 bits per heavy atom. The van der Waals surface area contributed by atoms with E-state index in [1.165, 1.54) is 12.1 Å². The highest BCUT2D eigenvalue weighted by Gasteiger charge is 2.38. The van der Waals surface area contributed by atoms with Gasteiger partial charge in [-0.25, -0.2) is 4.39 Å². The molecule has 0 unspecified atom stereocenters. The molecule has 1 aliphatic heterocycles. The lowest BCUT2D eigenvalue weighted by Crippen LogP contribution is -2.40. The van der Waals surface area contributed by atoms with Gasteiger partial charge >= 0.3 is 0 Å². The van der Waals surface area contributed by atoms with Crippen LogP contribution >= 0.6 is 0 Å². The normalized spacial score (nSPS) is 20.0. The first-order chi connectivity index (χ1) is 11.9. The number of likely N-dealkylation sites (tertiary alicyclic amines) is 1. The zero-order valence-electron chi connectivity index (χ0n) is 14.2. The number of ether oxygens (including phenoxy) is 1. The summed E-state index contributed by atoms with van der Waals surface area (Å²) >= 11 is 0. The van der Waals surface area contributed by atoms with Gasteiger partial charge in [0.25, 0.3) is 0 Å². The van der Waals surface area contributed by atoms with Crippen molar-refractivity contribution in [1.29, 1.82) is 0 Å². The fourth-order valence-electron chi connectivity index (χ4n) is 2.97. The molecule has 1 N–H and O–H groups in total. The minimum Gasteiger partial charge on any atom is -0.490 e. The molecular formula is C18H22FN3O3. The van der Waals surface area contributed by atoms with E-state index in [1.54, 1.807) is 27.9 Å². The van der Waals surface area contributed by atoms with Gasteiger partial charge in [0.15, 0.2) is 0 Å². The third-order valence-corrected chi connectivity index (χ3v) is 4.37. The molecule has 0 saturated carbocycles. The van der Waals surface area contributed by atoms with Crippen molar-refractivity contribution in [1.82, 2.24) is 14.7 Å². The topological polar surface area (TPSA) is 67.6 Å². The minimum atomic E-state index is -1.10. The third kappa shape index (κ3) is 4.57. The first kappa shape index (κ1) is 17.4. The van der Waals surface area contributed by atoms with Gasteiger partial charge in [0.05, 0.1) is 12.7 Å². The van der Waals surface area contributed by atoms with Gasteiger partial charge in [0.2, 0.25) is 5.91 Å². The summed E-state index contributed by atoms with van der Waals surface area (Å²) in [6.45, 7) is 0.756. The van der Waals surface area contributed by atoms with Gasteiger partial charge < -0.3 is 14.7 Å². The van der Waals surface area contributed by atoms with Crippen molar-refractivity contribution in [2.75, 3.05) is 19.7 Å². The molecule has 1 saturated heterocycles. The van der Waals surface area contributed by atoms with Crippen LogP contribution in [-0.2, 0) is 18.3 Å². The molecular weight excluding hydrogens is 325 g/mol. The van der Waals surface area contributed by atoms with Crippen LogP contribution in [0.3, 0.4) is 0 Å². The predicted molar refractivity (Wildman–Crippen MR) is 89.6 cm³/mol. The molecule has 2 aromatic rings. The number of aryl methyl sites for hydroxylation is 2. The van der Waals surface area contributed by atoms with Crippen LogP contribution in [0, 0.1) is 5.82 Å². The molecule has 7 heteroatoms. The van der Waals surface area contributed by atoms with E-state index in [2.05, 4.69) is 5.10 Å². The number of nitrogens with zero attached hydrogens (tertiary/aromatic N) is 3. The summed E-state index contributed by atoms with van der Waals surface area (Å²) in [4.78, 5) is 14.0. The quantitative estimate of drug-likeness (QED) is 0.861. The Kier molecular flexibility index (Phi) is 5.03. The zero-order valence-corrected chi connectivity index (χ0v) is 14.2.